The second-order valence-corrected chi connectivity index (χ2v) is 3.10. The van der Waals surface area contributed by atoms with Gasteiger partial charge in [0.1, 0.15) is 6.29 Å². The molecular weight excluding hydrogens is 140 g/mol. The van der Waals surface area contributed by atoms with Crippen LogP contribution in [0.3, 0.4) is 0 Å². The summed E-state index contributed by atoms with van der Waals surface area (Å²) in [4.78, 5) is 10.5. The standard InChI is InChI=1S/C9H14O2/c1-7-8(5-10)3-2-4-9(7)6-11/h5,9,11H,2-4,6H2,1H3. The summed E-state index contributed by atoms with van der Waals surface area (Å²) < 4.78 is 0. The van der Waals surface area contributed by atoms with Gasteiger partial charge in [-0.3, -0.25) is 4.79 Å². The van der Waals surface area contributed by atoms with Crippen molar-refractivity contribution in [2.75, 3.05) is 6.61 Å². The summed E-state index contributed by atoms with van der Waals surface area (Å²) >= 11 is 0. The molecule has 0 bridgehead atoms. The fourth-order valence-electron chi connectivity index (χ4n) is 1.59. The van der Waals surface area contributed by atoms with Gasteiger partial charge in [0.25, 0.3) is 0 Å². The molecule has 11 heavy (non-hydrogen) atoms. The van der Waals surface area contributed by atoms with Crippen molar-refractivity contribution in [1.29, 1.82) is 0 Å². The number of allylic oxidation sites excluding steroid dienone is 1. The molecule has 1 atom stereocenters. The van der Waals surface area contributed by atoms with E-state index in [0.29, 0.717) is 0 Å². The molecule has 0 aromatic heterocycles. The topological polar surface area (TPSA) is 37.3 Å². The average Bonchev–Trinajstić information content (AvgIpc) is 2.05. The maximum atomic E-state index is 10.5. The highest BCUT2D eigenvalue weighted by atomic mass is 16.3. The van der Waals surface area contributed by atoms with Crippen molar-refractivity contribution in [1.82, 2.24) is 0 Å². The Morgan fingerprint density at radius 1 is 1.73 bits per heavy atom. The quantitative estimate of drug-likeness (QED) is 0.608. The summed E-state index contributed by atoms with van der Waals surface area (Å²) in [7, 11) is 0. The Morgan fingerprint density at radius 2 is 2.45 bits per heavy atom. The van der Waals surface area contributed by atoms with Crippen LogP contribution in [-0.2, 0) is 4.79 Å². The van der Waals surface area contributed by atoms with Crippen LogP contribution in [0, 0.1) is 5.92 Å². The number of carbonyl (C=O) groups excluding carboxylic acids is 1. The van der Waals surface area contributed by atoms with Crippen molar-refractivity contribution in [3.63, 3.8) is 0 Å². The molecule has 0 saturated carbocycles. The molecule has 62 valence electrons. The molecule has 1 N–H and O–H groups in total. The predicted molar refractivity (Wildman–Crippen MR) is 43.2 cm³/mol. The molecule has 0 aromatic carbocycles. The first-order chi connectivity index (χ1) is 5.29. The fraction of sp³-hybridized carbons (Fsp3) is 0.667. The highest BCUT2D eigenvalue weighted by Crippen LogP contribution is 2.28. The van der Waals surface area contributed by atoms with Gasteiger partial charge in [0, 0.05) is 12.5 Å². The van der Waals surface area contributed by atoms with Crippen LogP contribution in [0.5, 0.6) is 0 Å². The molecule has 0 fully saturated rings. The molecule has 0 aliphatic heterocycles. The maximum Gasteiger partial charge on any atom is 0.145 e. The van der Waals surface area contributed by atoms with Gasteiger partial charge in [-0.1, -0.05) is 5.57 Å². The van der Waals surface area contributed by atoms with Crippen molar-refractivity contribution in [2.24, 2.45) is 5.92 Å². The molecule has 1 aliphatic rings. The number of hydrogen-bond donors (Lipinski definition) is 1. The highest BCUT2D eigenvalue weighted by Gasteiger charge is 2.18. The van der Waals surface area contributed by atoms with Gasteiger partial charge in [-0.2, -0.15) is 0 Å². The predicted octanol–water partition coefficient (Wildman–Crippen LogP) is 1.29. The van der Waals surface area contributed by atoms with E-state index in [1.54, 1.807) is 0 Å². The minimum absolute atomic E-state index is 0.184. The van der Waals surface area contributed by atoms with Gasteiger partial charge in [-0.15, -0.1) is 0 Å². The number of hydrogen-bond acceptors (Lipinski definition) is 2. The minimum atomic E-state index is 0.184. The van der Waals surface area contributed by atoms with Crippen LogP contribution < -0.4 is 0 Å². The van der Waals surface area contributed by atoms with E-state index in [0.717, 1.165) is 36.7 Å². The van der Waals surface area contributed by atoms with E-state index in [-0.39, 0.29) is 12.5 Å². The van der Waals surface area contributed by atoms with Crippen molar-refractivity contribution < 1.29 is 9.90 Å². The molecule has 2 nitrogen and oxygen atoms in total. The fourth-order valence-corrected chi connectivity index (χ4v) is 1.59. The molecule has 2 heteroatoms. The number of carbonyl (C=O) groups is 1. The summed E-state index contributed by atoms with van der Waals surface area (Å²) in [5, 5.41) is 8.92. The molecule has 0 heterocycles. The lowest BCUT2D eigenvalue weighted by molar-refractivity contribution is -0.105. The molecule has 0 saturated heterocycles. The van der Waals surface area contributed by atoms with Crippen molar-refractivity contribution >= 4 is 6.29 Å². The monoisotopic (exact) mass is 154 g/mol. The third kappa shape index (κ3) is 1.69. The summed E-state index contributed by atoms with van der Waals surface area (Å²) in [6.07, 6.45) is 3.89. The van der Waals surface area contributed by atoms with E-state index >= 15 is 0 Å². The number of aliphatic hydroxyl groups excluding tert-OH is 1. The Hall–Kier alpha value is -0.630. The van der Waals surface area contributed by atoms with E-state index in [4.69, 9.17) is 5.11 Å². The first-order valence-corrected chi connectivity index (χ1v) is 4.05. The first-order valence-electron chi connectivity index (χ1n) is 4.05. The third-order valence-electron chi connectivity index (χ3n) is 2.48. The van der Waals surface area contributed by atoms with Gasteiger partial charge < -0.3 is 5.11 Å². The van der Waals surface area contributed by atoms with Crippen molar-refractivity contribution in [2.45, 2.75) is 26.2 Å². The maximum absolute atomic E-state index is 10.5. The zero-order valence-corrected chi connectivity index (χ0v) is 6.84. The van der Waals surface area contributed by atoms with E-state index in [1.165, 1.54) is 0 Å². The molecule has 0 aromatic rings. The van der Waals surface area contributed by atoms with Crippen LogP contribution in [0.4, 0.5) is 0 Å². The zero-order valence-electron chi connectivity index (χ0n) is 6.84. The van der Waals surface area contributed by atoms with Gasteiger partial charge in [0.05, 0.1) is 0 Å². The largest absolute Gasteiger partial charge is 0.396 e. The zero-order chi connectivity index (χ0) is 8.27. The molecule has 0 spiro atoms. The van der Waals surface area contributed by atoms with E-state index in [9.17, 15) is 4.79 Å². The number of aliphatic hydroxyl groups is 1. The lowest BCUT2D eigenvalue weighted by Gasteiger charge is -2.22. The molecule has 1 rings (SSSR count). The Morgan fingerprint density at radius 3 is 3.00 bits per heavy atom. The number of rotatable bonds is 2. The second kappa shape index (κ2) is 3.67. The molecule has 0 amide bonds. The lowest BCUT2D eigenvalue weighted by atomic mass is 9.84. The Balaban J connectivity index is 2.79. The highest BCUT2D eigenvalue weighted by molar-refractivity contribution is 5.74. The molecule has 1 aliphatic carbocycles. The van der Waals surface area contributed by atoms with Gasteiger partial charge in [-0.05, 0) is 31.8 Å². The molecule has 1 unspecified atom stereocenters. The minimum Gasteiger partial charge on any atom is -0.396 e. The molecular formula is C9H14O2. The van der Waals surface area contributed by atoms with Gasteiger partial charge in [0.15, 0.2) is 0 Å². The first kappa shape index (κ1) is 8.47. The third-order valence-corrected chi connectivity index (χ3v) is 2.48. The van der Waals surface area contributed by atoms with E-state index in [2.05, 4.69) is 0 Å². The second-order valence-electron chi connectivity index (χ2n) is 3.10. The van der Waals surface area contributed by atoms with Crippen molar-refractivity contribution in [3.8, 4) is 0 Å². The van der Waals surface area contributed by atoms with Gasteiger partial charge in [0.2, 0.25) is 0 Å². The average molecular weight is 154 g/mol. The summed E-state index contributed by atoms with van der Waals surface area (Å²) in [5.74, 6) is 0.240. The number of aldehydes is 1. The van der Waals surface area contributed by atoms with Crippen LogP contribution in [-0.4, -0.2) is 18.0 Å². The summed E-state index contributed by atoms with van der Waals surface area (Å²) in [6.45, 7) is 2.13. The van der Waals surface area contributed by atoms with Gasteiger partial charge in [-0.25, -0.2) is 0 Å². The Bertz CT molecular complexity index is 182. The van der Waals surface area contributed by atoms with Crippen LogP contribution in [0.2, 0.25) is 0 Å². The summed E-state index contributed by atoms with van der Waals surface area (Å²) in [6, 6.07) is 0. The Kier molecular flexibility index (Phi) is 2.83. The van der Waals surface area contributed by atoms with Crippen LogP contribution >= 0.6 is 0 Å². The van der Waals surface area contributed by atoms with Crippen molar-refractivity contribution in [3.05, 3.63) is 11.1 Å². The Labute approximate surface area is 66.9 Å². The SMILES string of the molecule is CC1=C(C=O)CCCC1CO. The lowest BCUT2D eigenvalue weighted by Crippen LogP contribution is -2.14. The van der Waals surface area contributed by atoms with Crippen LogP contribution in [0.25, 0.3) is 0 Å². The smallest absolute Gasteiger partial charge is 0.145 e. The van der Waals surface area contributed by atoms with Crippen LogP contribution in [0.15, 0.2) is 11.1 Å². The van der Waals surface area contributed by atoms with Gasteiger partial charge >= 0.3 is 0 Å². The van der Waals surface area contributed by atoms with Crippen LogP contribution in [0.1, 0.15) is 26.2 Å². The normalized spacial score (nSPS) is 25.5. The molecule has 0 radical (unpaired) electrons. The van der Waals surface area contributed by atoms with E-state index in [1.807, 2.05) is 6.92 Å². The summed E-state index contributed by atoms with van der Waals surface area (Å²) in [5.41, 5.74) is 1.99. The van der Waals surface area contributed by atoms with E-state index < -0.39 is 0 Å².